The molecule has 2 aromatic heterocycles. The van der Waals surface area contributed by atoms with Gasteiger partial charge in [-0.1, -0.05) is 12.1 Å². The zero-order chi connectivity index (χ0) is 13.5. The molecule has 2 rings (SSSR count). The summed E-state index contributed by atoms with van der Waals surface area (Å²) in [6, 6.07) is 9.23. The minimum absolute atomic E-state index is 0.118. The molecule has 1 N–H and O–H groups in total. The van der Waals surface area contributed by atoms with Crippen molar-refractivity contribution in [2.75, 3.05) is 0 Å². The third-order valence-corrected chi connectivity index (χ3v) is 2.60. The molecule has 0 spiro atoms. The molecule has 96 valence electrons. The van der Waals surface area contributed by atoms with E-state index >= 15 is 0 Å². The summed E-state index contributed by atoms with van der Waals surface area (Å²) in [7, 11) is 0. The van der Waals surface area contributed by atoms with E-state index in [0.717, 1.165) is 11.3 Å². The van der Waals surface area contributed by atoms with E-state index in [1.165, 1.54) is 6.08 Å². The zero-order valence-electron chi connectivity index (χ0n) is 10.7. The Bertz CT molecular complexity index is 552. The summed E-state index contributed by atoms with van der Waals surface area (Å²) in [5, 5.41) is 2.86. The lowest BCUT2D eigenvalue weighted by molar-refractivity contribution is -0.117. The summed E-state index contributed by atoms with van der Waals surface area (Å²) in [5.41, 5.74) is 1.73. The van der Waals surface area contributed by atoms with Gasteiger partial charge < -0.3 is 5.32 Å². The van der Waals surface area contributed by atoms with Crippen molar-refractivity contribution >= 4 is 12.0 Å². The van der Waals surface area contributed by atoms with Crippen LogP contribution in [-0.4, -0.2) is 15.9 Å². The van der Waals surface area contributed by atoms with Crippen molar-refractivity contribution in [3.63, 3.8) is 0 Å². The molecular weight excluding hydrogens is 238 g/mol. The largest absolute Gasteiger partial charge is 0.344 e. The Balaban J connectivity index is 1.93. The summed E-state index contributed by atoms with van der Waals surface area (Å²) in [5.74, 6) is -0.151. The molecule has 4 heteroatoms. The first-order chi connectivity index (χ1) is 9.25. The molecule has 2 heterocycles. The van der Waals surface area contributed by atoms with Crippen molar-refractivity contribution in [3.05, 3.63) is 66.3 Å². The van der Waals surface area contributed by atoms with E-state index in [9.17, 15) is 4.79 Å². The van der Waals surface area contributed by atoms with Gasteiger partial charge in [0.15, 0.2) is 0 Å². The van der Waals surface area contributed by atoms with Gasteiger partial charge in [-0.3, -0.25) is 14.8 Å². The standard InChI is InChI=1S/C15H15N3O/c1-12(14-6-2-3-10-17-14)18-15(19)8-7-13-5-4-9-16-11-13/h2-12H,1H3,(H,18,19)/b8-7+. The fourth-order valence-electron chi connectivity index (χ4n) is 1.61. The molecule has 0 fully saturated rings. The van der Waals surface area contributed by atoms with Crippen LogP contribution in [0.25, 0.3) is 6.08 Å². The maximum atomic E-state index is 11.8. The van der Waals surface area contributed by atoms with Crippen molar-refractivity contribution in [3.8, 4) is 0 Å². The molecule has 0 bridgehead atoms. The fourth-order valence-corrected chi connectivity index (χ4v) is 1.61. The third kappa shape index (κ3) is 4.03. The highest BCUT2D eigenvalue weighted by Crippen LogP contribution is 2.07. The molecule has 4 nitrogen and oxygen atoms in total. The molecule has 0 aliphatic carbocycles. The van der Waals surface area contributed by atoms with E-state index < -0.39 is 0 Å². The van der Waals surface area contributed by atoms with E-state index in [2.05, 4.69) is 15.3 Å². The topological polar surface area (TPSA) is 54.9 Å². The second kappa shape index (κ2) is 6.44. The number of carbonyl (C=O) groups is 1. The zero-order valence-corrected chi connectivity index (χ0v) is 10.7. The van der Waals surface area contributed by atoms with Crippen molar-refractivity contribution < 1.29 is 4.79 Å². The Hall–Kier alpha value is -2.49. The summed E-state index contributed by atoms with van der Waals surface area (Å²) >= 11 is 0. The number of rotatable bonds is 4. The SMILES string of the molecule is CC(NC(=O)/C=C/c1cccnc1)c1ccccn1. The number of pyridine rings is 2. The van der Waals surface area contributed by atoms with Gasteiger partial charge in [0.1, 0.15) is 0 Å². The van der Waals surface area contributed by atoms with Gasteiger partial charge in [-0.15, -0.1) is 0 Å². The van der Waals surface area contributed by atoms with Crippen LogP contribution in [0.1, 0.15) is 24.2 Å². The molecule has 1 atom stereocenters. The monoisotopic (exact) mass is 253 g/mol. The first-order valence-corrected chi connectivity index (χ1v) is 6.05. The van der Waals surface area contributed by atoms with Gasteiger partial charge in [-0.2, -0.15) is 0 Å². The van der Waals surface area contributed by atoms with E-state index in [-0.39, 0.29) is 11.9 Å². The number of nitrogens with one attached hydrogen (secondary N) is 1. The van der Waals surface area contributed by atoms with Crippen LogP contribution < -0.4 is 5.32 Å². The molecular formula is C15H15N3O. The van der Waals surface area contributed by atoms with Gasteiger partial charge in [-0.25, -0.2) is 0 Å². The molecule has 0 saturated carbocycles. The van der Waals surface area contributed by atoms with Crippen molar-refractivity contribution in [1.82, 2.24) is 15.3 Å². The summed E-state index contributed by atoms with van der Waals surface area (Å²) in [6.45, 7) is 1.90. The smallest absolute Gasteiger partial charge is 0.244 e. The summed E-state index contributed by atoms with van der Waals surface area (Å²) < 4.78 is 0. The van der Waals surface area contributed by atoms with E-state index in [0.29, 0.717) is 0 Å². The Labute approximate surface area is 112 Å². The van der Waals surface area contributed by atoms with Gasteiger partial charge in [0.25, 0.3) is 0 Å². The predicted molar refractivity (Wildman–Crippen MR) is 74.1 cm³/mol. The molecule has 2 aromatic rings. The lowest BCUT2D eigenvalue weighted by atomic mass is 10.2. The number of amides is 1. The van der Waals surface area contributed by atoms with Crippen LogP contribution in [0.2, 0.25) is 0 Å². The fraction of sp³-hybridized carbons (Fsp3) is 0.133. The normalized spacial score (nSPS) is 12.3. The molecule has 19 heavy (non-hydrogen) atoms. The Morgan fingerprint density at radius 3 is 2.84 bits per heavy atom. The second-order valence-electron chi connectivity index (χ2n) is 4.10. The van der Waals surface area contributed by atoms with E-state index in [4.69, 9.17) is 0 Å². The maximum absolute atomic E-state index is 11.8. The third-order valence-electron chi connectivity index (χ3n) is 2.60. The van der Waals surface area contributed by atoms with Crippen molar-refractivity contribution in [2.45, 2.75) is 13.0 Å². The summed E-state index contributed by atoms with van der Waals surface area (Å²) in [4.78, 5) is 19.9. The minimum Gasteiger partial charge on any atom is -0.344 e. The van der Waals surface area contributed by atoms with Crippen LogP contribution >= 0.6 is 0 Å². The molecule has 0 saturated heterocycles. The van der Waals surface area contributed by atoms with Gasteiger partial charge in [0, 0.05) is 24.7 Å². The molecule has 0 aliphatic rings. The molecule has 0 aromatic carbocycles. The van der Waals surface area contributed by atoms with Crippen LogP contribution in [0.15, 0.2) is 55.0 Å². The highest BCUT2D eigenvalue weighted by atomic mass is 16.1. The maximum Gasteiger partial charge on any atom is 0.244 e. The first-order valence-electron chi connectivity index (χ1n) is 6.05. The molecule has 1 amide bonds. The van der Waals surface area contributed by atoms with Crippen LogP contribution in [0.4, 0.5) is 0 Å². The predicted octanol–water partition coefficient (Wildman–Crippen LogP) is 2.37. The molecule has 0 radical (unpaired) electrons. The summed E-state index contributed by atoms with van der Waals surface area (Å²) in [6.07, 6.45) is 8.33. The second-order valence-corrected chi connectivity index (χ2v) is 4.10. The average Bonchev–Trinajstić information content (AvgIpc) is 2.47. The van der Waals surface area contributed by atoms with Crippen LogP contribution in [-0.2, 0) is 4.79 Å². The molecule has 0 aliphatic heterocycles. The Morgan fingerprint density at radius 2 is 2.16 bits per heavy atom. The lowest BCUT2D eigenvalue weighted by Crippen LogP contribution is -2.25. The first kappa shape index (κ1) is 13.0. The van der Waals surface area contributed by atoms with Gasteiger partial charge >= 0.3 is 0 Å². The number of hydrogen-bond donors (Lipinski definition) is 1. The van der Waals surface area contributed by atoms with Crippen LogP contribution in [0, 0.1) is 0 Å². The van der Waals surface area contributed by atoms with Crippen molar-refractivity contribution in [1.29, 1.82) is 0 Å². The average molecular weight is 253 g/mol. The number of carbonyl (C=O) groups excluding carboxylic acids is 1. The highest BCUT2D eigenvalue weighted by molar-refractivity contribution is 5.91. The van der Waals surface area contributed by atoms with Crippen LogP contribution in [0.5, 0.6) is 0 Å². The lowest BCUT2D eigenvalue weighted by Gasteiger charge is -2.11. The van der Waals surface area contributed by atoms with E-state index in [1.54, 1.807) is 24.7 Å². The van der Waals surface area contributed by atoms with E-state index in [1.807, 2.05) is 37.3 Å². The van der Waals surface area contributed by atoms with Crippen molar-refractivity contribution in [2.24, 2.45) is 0 Å². The quantitative estimate of drug-likeness (QED) is 0.851. The Morgan fingerprint density at radius 1 is 1.26 bits per heavy atom. The number of hydrogen-bond acceptors (Lipinski definition) is 3. The Kier molecular flexibility index (Phi) is 4.39. The highest BCUT2D eigenvalue weighted by Gasteiger charge is 2.07. The van der Waals surface area contributed by atoms with Gasteiger partial charge in [-0.05, 0) is 36.8 Å². The molecule has 1 unspecified atom stereocenters. The van der Waals surface area contributed by atoms with Gasteiger partial charge in [0.2, 0.25) is 5.91 Å². The minimum atomic E-state index is -0.151. The van der Waals surface area contributed by atoms with Gasteiger partial charge in [0.05, 0.1) is 11.7 Å². The van der Waals surface area contributed by atoms with Crippen LogP contribution in [0.3, 0.4) is 0 Å². The number of nitrogens with zero attached hydrogens (tertiary/aromatic N) is 2. The number of aromatic nitrogens is 2.